The number of thiophene rings is 1. The highest BCUT2D eigenvalue weighted by Crippen LogP contribution is 2.24. The van der Waals surface area contributed by atoms with Crippen LogP contribution in [0.2, 0.25) is 0 Å². The summed E-state index contributed by atoms with van der Waals surface area (Å²) in [6.07, 6.45) is 4.82. The van der Waals surface area contributed by atoms with E-state index in [0.717, 1.165) is 11.3 Å². The molecule has 0 saturated carbocycles. The number of carbonyl (C=O) groups is 1. The van der Waals surface area contributed by atoms with Crippen molar-refractivity contribution < 1.29 is 22.4 Å². The minimum Gasteiger partial charge on any atom is -0.467 e. The van der Waals surface area contributed by atoms with Crippen molar-refractivity contribution in [2.24, 2.45) is 0 Å². The van der Waals surface area contributed by atoms with Crippen LogP contribution in [0.1, 0.15) is 21.5 Å². The van der Waals surface area contributed by atoms with Gasteiger partial charge in [0.15, 0.2) is 0 Å². The van der Waals surface area contributed by atoms with E-state index in [1.54, 1.807) is 35.3 Å². The second kappa shape index (κ2) is 7.21. The van der Waals surface area contributed by atoms with E-state index in [1.807, 2.05) is 0 Å². The Kier molecular flexibility index (Phi) is 5.02. The van der Waals surface area contributed by atoms with Crippen molar-refractivity contribution in [2.75, 3.05) is 13.7 Å². The number of rotatable bonds is 7. The van der Waals surface area contributed by atoms with E-state index < -0.39 is 22.0 Å². The van der Waals surface area contributed by atoms with Crippen molar-refractivity contribution in [3.63, 3.8) is 0 Å². The van der Waals surface area contributed by atoms with Gasteiger partial charge in [-0.1, -0.05) is 0 Å². The second-order valence-electron chi connectivity index (χ2n) is 4.97. The largest absolute Gasteiger partial charge is 0.467 e. The van der Waals surface area contributed by atoms with Gasteiger partial charge < -0.3 is 9.15 Å². The second-order valence-corrected chi connectivity index (χ2v) is 7.63. The molecular formula is C15H15N3O5S2. The van der Waals surface area contributed by atoms with Crippen LogP contribution in [0.5, 0.6) is 0 Å². The Morgan fingerprint density at radius 2 is 2.28 bits per heavy atom. The number of aromatic nitrogens is 2. The van der Waals surface area contributed by atoms with Gasteiger partial charge in [-0.15, -0.1) is 11.3 Å². The molecule has 10 heteroatoms. The molecule has 3 aromatic rings. The van der Waals surface area contributed by atoms with Crippen molar-refractivity contribution in [3.05, 3.63) is 58.9 Å². The fourth-order valence-electron chi connectivity index (χ4n) is 2.29. The molecule has 8 nitrogen and oxygen atoms in total. The van der Waals surface area contributed by atoms with Gasteiger partial charge in [-0.3, -0.25) is 4.68 Å². The molecule has 3 heterocycles. The molecule has 0 unspecified atom stereocenters. The molecule has 1 N–H and O–H groups in total. The van der Waals surface area contributed by atoms with E-state index in [-0.39, 0.29) is 16.3 Å². The van der Waals surface area contributed by atoms with Gasteiger partial charge in [-0.25, -0.2) is 17.9 Å². The smallest absolute Gasteiger partial charge is 0.349 e. The highest BCUT2D eigenvalue weighted by atomic mass is 32.2. The monoisotopic (exact) mass is 381 g/mol. The Hall–Kier alpha value is -2.43. The summed E-state index contributed by atoms with van der Waals surface area (Å²) in [5.74, 6) is -0.130. The number of hydrogen-bond donors (Lipinski definition) is 1. The number of ether oxygens (including phenoxy) is 1. The lowest BCUT2D eigenvalue weighted by molar-refractivity contribution is 0.0602. The maximum absolute atomic E-state index is 12.6. The summed E-state index contributed by atoms with van der Waals surface area (Å²) in [6, 6.07) is 6.10. The quantitative estimate of drug-likeness (QED) is 0.627. The van der Waals surface area contributed by atoms with Gasteiger partial charge in [0, 0.05) is 18.9 Å². The van der Waals surface area contributed by atoms with Crippen LogP contribution in [-0.2, 0) is 14.8 Å². The minimum atomic E-state index is -3.90. The van der Waals surface area contributed by atoms with Gasteiger partial charge in [0.05, 0.1) is 13.4 Å². The first kappa shape index (κ1) is 17.4. The van der Waals surface area contributed by atoms with Gasteiger partial charge >= 0.3 is 5.97 Å². The van der Waals surface area contributed by atoms with Crippen LogP contribution in [0.4, 0.5) is 0 Å². The minimum absolute atomic E-state index is 0.00792. The number of methoxy groups -OCH3 is 1. The normalized spacial score (nSPS) is 12.8. The average molecular weight is 381 g/mol. The van der Waals surface area contributed by atoms with Crippen molar-refractivity contribution >= 4 is 27.3 Å². The van der Waals surface area contributed by atoms with E-state index >= 15 is 0 Å². The Morgan fingerprint density at radius 3 is 2.92 bits per heavy atom. The number of sulfonamides is 1. The molecule has 0 fully saturated rings. The number of hydrogen-bond acceptors (Lipinski definition) is 7. The fourth-order valence-corrected chi connectivity index (χ4v) is 4.66. The lowest BCUT2D eigenvalue weighted by Gasteiger charge is -2.16. The first-order valence-corrected chi connectivity index (χ1v) is 9.57. The predicted octanol–water partition coefficient (Wildman–Crippen LogP) is 1.89. The molecule has 0 aliphatic carbocycles. The number of esters is 1. The van der Waals surface area contributed by atoms with E-state index in [0.29, 0.717) is 5.76 Å². The molecule has 132 valence electrons. The van der Waals surface area contributed by atoms with Gasteiger partial charge in [-0.05, 0) is 29.6 Å². The van der Waals surface area contributed by atoms with Gasteiger partial charge in [-0.2, -0.15) is 5.10 Å². The number of nitrogens with zero attached hydrogens (tertiary/aromatic N) is 2. The molecule has 0 aliphatic rings. The SMILES string of the molecule is COC(=O)c1sccc1S(=O)(=O)NC[C@H](c1ccco1)n1cccn1. The van der Waals surface area contributed by atoms with Crippen LogP contribution in [0.25, 0.3) is 0 Å². The number of furan rings is 1. The lowest BCUT2D eigenvalue weighted by atomic mass is 10.2. The maximum Gasteiger partial charge on any atom is 0.349 e. The fraction of sp³-hybridized carbons (Fsp3) is 0.200. The molecule has 0 saturated heterocycles. The molecule has 1 atom stereocenters. The summed E-state index contributed by atoms with van der Waals surface area (Å²) in [5.41, 5.74) is 0. The average Bonchev–Trinajstić information content (AvgIpc) is 3.34. The molecule has 25 heavy (non-hydrogen) atoms. The maximum atomic E-state index is 12.6. The van der Waals surface area contributed by atoms with Crippen molar-refractivity contribution in [1.82, 2.24) is 14.5 Å². The molecule has 0 amide bonds. The van der Waals surface area contributed by atoms with Gasteiger partial charge in [0.25, 0.3) is 0 Å². The van der Waals surface area contributed by atoms with Crippen LogP contribution < -0.4 is 4.72 Å². The molecule has 0 radical (unpaired) electrons. The Labute approximate surface area is 148 Å². The number of carbonyl (C=O) groups excluding carboxylic acids is 1. The third kappa shape index (κ3) is 3.65. The molecule has 0 aromatic carbocycles. The lowest BCUT2D eigenvalue weighted by Crippen LogP contribution is -2.32. The molecule has 3 rings (SSSR count). The summed E-state index contributed by atoms with van der Waals surface area (Å²) in [6.45, 7) is 0.00792. The van der Waals surface area contributed by atoms with Crippen LogP contribution in [0.15, 0.2) is 57.6 Å². The van der Waals surface area contributed by atoms with Crippen LogP contribution in [0.3, 0.4) is 0 Å². The molecule has 3 aromatic heterocycles. The van der Waals surface area contributed by atoms with E-state index in [2.05, 4.69) is 14.6 Å². The predicted molar refractivity (Wildman–Crippen MR) is 89.9 cm³/mol. The third-order valence-electron chi connectivity index (χ3n) is 3.47. The van der Waals surface area contributed by atoms with Gasteiger partial charge in [0.2, 0.25) is 10.0 Å². The zero-order valence-electron chi connectivity index (χ0n) is 13.2. The molecule has 0 spiro atoms. The zero-order chi connectivity index (χ0) is 17.9. The number of nitrogens with one attached hydrogen (secondary N) is 1. The first-order valence-electron chi connectivity index (χ1n) is 7.21. The van der Waals surface area contributed by atoms with Crippen molar-refractivity contribution in [3.8, 4) is 0 Å². The summed E-state index contributed by atoms with van der Waals surface area (Å²) in [7, 11) is -2.70. The van der Waals surface area contributed by atoms with Crippen molar-refractivity contribution in [1.29, 1.82) is 0 Å². The molecule has 0 aliphatic heterocycles. The summed E-state index contributed by atoms with van der Waals surface area (Å²) < 4.78 is 39.3. The summed E-state index contributed by atoms with van der Waals surface area (Å²) >= 11 is 1.01. The Balaban J connectivity index is 1.83. The summed E-state index contributed by atoms with van der Waals surface area (Å²) in [5, 5.41) is 5.67. The third-order valence-corrected chi connectivity index (χ3v) is 5.96. The molecular weight excluding hydrogens is 366 g/mol. The van der Waals surface area contributed by atoms with E-state index in [4.69, 9.17) is 4.42 Å². The standard InChI is InChI=1S/C15H15N3O5S2/c1-22-15(19)14-13(5-9-24-14)25(20,21)17-10-11(12-4-2-8-23-12)18-7-3-6-16-18/h2-9,11,17H,10H2,1H3/t11-/m1/s1. The van der Waals surface area contributed by atoms with Crippen molar-refractivity contribution in [2.45, 2.75) is 10.9 Å². The van der Waals surface area contributed by atoms with Crippen LogP contribution in [-0.4, -0.2) is 37.8 Å². The van der Waals surface area contributed by atoms with Crippen LogP contribution in [0, 0.1) is 0 Å². The topological polar surface area (TPSA) is 103 Å². The zero-order valence-corrected chi connectivity index (χ0v) is 14.8. The van der Waals surface area contributed by atoms with E-state index in [1.165, 1.54) is 24.8 Å². The van der Waals surface area contributed by atoms with Crippen LogP contribution >= 0.6 is 11.3 Å². The highest BCUT2D eigenvalue weighted by molar-refractivity contribution is 7.89. The Bertz CT molecular complexity index is 896. The highest BCUT2D eigenvalue weighted by Gasteiger charge is 2.26. The Morgan fingerprint density at radius 1 is 1.44 bits per heavy atom. The first-order chi connectivity index (χ1) is 12.0. The molecule has 0 bridgehead atoms. The summed E-state index contributed by atoms with van der Waals surface area (Å²) in [4.78, 5) is 11.6. The van der Waals surface area contributed by atoms with E-state index in [9.17, 15) is 13.2 Å². The van der Waals surface area contributed by atoms with Gasteiger partial charge in [0.1, 0.15) is 21.6 Å².